The van der Waals surface area contributed by atoms with E-state index >= 15 is 0 Å². The monoisotopic (exact) mass is 319 g/mol. The van der Waals surface area contributed by atoms with Crippen LogP contribution in [0.4, 0.5) is 0 Å². The van der Waals surface area contributed by atoms with Gasteiger partial charge in [0.05, 0.1) is 7.11 Å². The molecule has 0 saturated heterocycles. The lowest BCUT2D eigenvalue weighted by atomic mass is 10.3. The summed E-state index contributed by atoms with van der Waals surface area (Å²) in [6.45, 7) is 0. The number of nitrogens with zero attached hydrogens (tertiary/aromatic N) is 3. The van der Waals surface area contributed by atoms with Gasteiger partial charge >= 0.3 is 0 Å². The summed E-state index contributed by atoms with van der Waals surface area (Å²) < 4.78 is 13.4. The van der Waals surface area contributed by atoms with E-state index in [9.17, 15) is 0 Å². The van der Waals surface area contributed by atoms with Gasteiger partial charge in [0, 0.05) is 18.6 Å². The highest BCUT2D eigenvalue weighted by Gasteiger charge is 2.08. The Morgan fingerprint density at radius 2 is 1.89 bits per heavy atom. The Labute approximate surface area is 118 Å². The Bertz CT molecular complexity index is 709. The highest BCUT2D eigenvalue weighted by Crippen LogP contribution is 2.26. The normalized spacial score (nSPS) is 10.6. The number of hydrogen-bond donors (Lipinski definition) is 0. The predicted octanol–water partition coefficient (Wildman–Crippen LogP) is 3.29. The number of ether oxygens (including phenoxy) is 2. The third kappa shape index (κ3) is 2.39. The average molecular weight is 320 g/mol. The fourth-order valence-electron chi connectivity index (χ4n) is 1.70. The van der Waals surface area contributed by atoms with Crippen molar-refractivity contribution in [2.24, 2.45) is 0 Å². The molecule has 0 bridgehead atoms. The summed E-state index contributed by atoms with van der Waals surface area (Å²) in [5.74, 6) is 1.90. The minimum Gasteiger partial charge on any atom is -0.497 e. The zero-order chi connectivity index (χ0) is 13.2. The Hall–Kier alpha value is -2.08. The van der Waals surface area contributed by atoms with Crippen molar-refractivity contribution in [3.8, 4) is 17.4 Å². The molecule has 5 nitrogen and oxygen atoms in total. The second kappa shape index (κ2) is 4.89. The number of halogens is 1. The molecule has 0 radical (unpaired) electrons. The van der Waals surface area contributed by atoms with Gasteiger partial charge in [0.2, 0.25) is 5.65 Å². The first kappa shape index (κ1) is 12.0. The number of rotatable bonds is 3. The number of hydrogen-bond acceptors (Lipinski definition) is 4. The smallest absolute Gasteiger partial charge is 0.264 e. The average Bonchev–Trinajstić information content (AvgIpc) is 2.88. The second-order valence-electron chi connectivity index (χ2n) is 3.80. The minimum absolute atomic E-state index is 0.449. The van der Waals surface area contributed by atoms with Gasteiger partial charge in [-0.25, -0.2) is 9.97 Å². The van der Waals surface area contributed by atoms with Crippen LogP contribution in [0.2, 0.25) is 0 Å². The van der Waals surface area contributed by atoms with E-state index in [1.165, 1.54) is 0 Å². The molecule has 0 N–H and O–H groups in total. The molecule has 3 rings (SSSR count). The lowest BCUT2D eigenvalue weighted by Gasteiger charge is -2.07. The highest BCUT2D eigenvalue weighted by molar-refractivity contribution is 9.10. The van der Waals surface area contributed by atoms with Crippen molar-refractivity contribution in [3.63, 3.8) is 0 Å². The summed E-state index contributed by atoms with van der Waals surface area (Å²) in [7, 11) is 1.62. The van der Waals surface area contributed by atoms with Crippen molar-refractivity contribution < 1.29 is 9.47 Å². The zero-order valence-corrected chi connectivity index (χ0v) is 11.7. The Morgan fingerprint density at radius 3 is 2.63 bits per heavy atom. The van der Waals surface area contributed by atoms with Gasteiger partial charge in [0.1, 0.15) is 16.1 Å². The van der Waals surface area contributed by atoms with Crippen molar-refractivity contribution in [1.82, 2.24) is 14.4 Å². The van der Waals surface area contributed by atoms with E-state index in [0.717, 1.165) is 5.75 Å². The van der Waals surface area contributed by atoms with Crippen LogP contribution in [0.15, 0.2) is 47.5 Å². The SMILES string of the molecule is COc1ccc(Oc2nc(Br)cn3ccnc23)cc1. The third-order valence-corrected chi connectivity index (χ3v) is 2.97. The van der Waals surface area contributed by atoms with Crippen LogP contribution in [0.1, 0.15) is 0 Å². The molecule has 96 valence electrons. The molecule has 0 atom stereocenters. The summed E-state index contributed by atoms with van der Waals surface area (Å²) in [6.07, 6.45) is 5.36. The predicted molar refractivity (Wildman–Crippen MR) is 73.8 cm³/mol. The molecule has 6 heteroatoms. The number of aromatic nitrogens is 3. The maximum Gasteiger partial charge on any atom is 0.264 e. The number of imidazole rings is 1. The van der Waals surface area contributed by atoms with E-state index in [-0.39, 0.29) is 0 Å². The van der Waals surface area contributed by atoms with Gasteiger partial charge in [-0.2, -0.15) is 0 Å². The van der Waals surface area contributed by atoms with Crippen molar-refractivity contribution in [2.45, 2.75) is 0 Å². The highest BCUT2D eigenvalue weighted by atomic mass is 79.9. The minimum atomic E-state index is 0.449. The molecule has 1 aromatic carbocycles. The van der Waals surface area contributed by atoms with Crippen molar-refractivity contribution >= 4 is 21.6 Å². The van der Waals surface area contributed by atoms with Crippen LogP contribution in [0.5, 0.6) is 17.4 Å². The lowest BCUT2D eigenvalue weighted by molar-refractivity contribution is 0.412. The molecule has 0 aliphatic rings. The maximum absolute atomic E-state index is 5.75. The standard InChI is InChI=1S/C13H10BrN3O2/c1-18-9-2-4-10(5-3-9)19-13-12-15-6-7-17(12)8-11(14)16-13/h2-8H,1H3. The largest absolute Gasteiger partial charge is 0.497 e. The summed E-state index contributed by atoms with van der Waals surface area (Å²) in [5, 5.41) is 0. The lowest BCUT2D eigenvalue weighted by Crippen LogP contribution is -1.94. The first-order valence-electron chi connectivity index (χ1n) is 5.57. The second-order valence-corrected chi connectivity index (χ2v) is 4.62. The third-order valence-electron chi connectivity index (χ3n) is 2.59. The van der Waals surface area contributed by atoms with E-state index in [2.05, 4.69) is 25.9 Å². The van der Waals surface area contributed by atoms with Crippen molar-refractivity contribution in [3.05, 3.63) is 47.5 Å². The maximum atomic E-state index is 5.75. The van der Waals surface area contributed by atoms with Crippen LogP contribution in [0, 0.1) is 0 Å². The first-order chi connectivity index (χ1) is 9.26. The van der Waals surface area contributed by atoms with Gasteiger partial charge in [-0.05, 0) is 40.2 Å². The van der Waals surface area contributed by atoms with E-state index in [1.54, 1.807) is 13.3 Å². The molecule has 3 aromatic rings. The number of benzene rings is 1. The molecule has 0 fully saturated rings. The Kier molecular flexibility index (Phi) is 3.08. The van der Waals surface area contributed by atoms with Crippen LogP contribution >= 0.6 is 15.9 Å². The van der Waals surface area contributed by atoms with E-state index in [4.69, 9.17) is 9.47 Å². The topological polar surface area (TPSA) is 48.7 Å². The quantitative estimate of drug-likeness (QED) is 0.743. The van der Waals surface area contributed by atoms with Gasteiger partial charge < -0.3 is 9.47 Å². The molecule has 2 heterocycles. The molecule has 0 saturated carbocycles. The van der Waals surface area contributed by atoms with Crippen LogP contribution < -0.4 is 9.47 Å². The van der Waals surface area contributed by atoms with E-state index in [0.29, 0.717) is 21.9 Å². The molecular weight excluding hydrogens is 310 g/mol. The van der Waals surface area contributed by atoms with E-state index < -0.39 is 0 Å². The summed E-state index contributed by atoms with van der Waals surface area (Å²) in [4.78, 5) is 8.51. The molecule has 19 heavy (non-hydrogen) atoms. The number of fused-ring (bicyclic) bond motifs is 1. The molecular formula is C13H10BrN3O2. The van der Waals surface area contributed by atoms with Gasteiger partial charge in [0.25, 0.3) is 5.88 Å². The van der Waals surface area contributed by atoms with Crippen LogP contribution in [-0.2, 0) is 0 Å². The molecule has 0 aliphatic heterocycles. The van der Waals surface area contributed by atoms with Crippen LogP contribution in [0.25, 0.3) is 5.65 Å². The zero-order valence-electron chi connectivity index (χ0n) is 10.1. The van der Waals surface area contributed by atoms with Gasteiger partial charge in [0.15, 0.2) is 0 Å². The molecule has 0 aliphatic carbocycles. The fraction of sp³-hybridized carbons (Fsp3) is 0.0769. The summed E-state index contributed by atoms with van der Waals surface area (Å²) in [6, 6.07) is 7.30. The number of methoxy groups -OCH3 is 1. The molecule has 2 aromatic heterocycles. The van der Waals surface area contributed by atoms with Crippen LogP contribution in [0.3, 0.4) is 0 Å². The van der Waals surface area contributed by atoms with Gasteiger partial charge in [-0.3, -0.25) is 4.40 Å². The Morgan fingerprint density at radius 1 is 1.16 bits per heavy atom. The van der Waals surface area contributed by atoms with Gasteiger partial charge in [-0.1, -0.05) is 0 Å². The van der Waals surface area contributed by atoms with Gasteiger partial charge in [-0.15, -0.1) is 0 Å². The van der Waals surface area contributed by atoms with E-state index in [1.807, 2.05) is 41.1 Å². The molecule has 0 amide bonds. The summed E-state index contributed by atoms with van der Waals surface area (Å²) in [5.41, 5.74) is 0.666. The first-order valence-corrected chi connectivity index (χ1v) is 6.37. The summed E-state index contributed by atoms with van der Waals surface area (Å²) >= 11 is 3.34. The molecule has 0 spiro atoms. The van der Waals surface area contributed by atoms with Crippen molar-refractivity contribution in [1.29, 1.82) is 0 Å². The van der Waals surface area contributed by atoms with Crippen molar-refractivity contribution in [2.75, 3.05) is 7.11 Å². The Balaban J connectivity index is 1.97. The fourth-order valence-corrected chi connectivity index (χ4v) is 2.08. The van der Waals surface area contributed by atoms with Crippen LogP contribution in [-0.4, -0.2) is 21.5 Å². The molecule has 0 unspecified atom stereocenters.